The van der Waals surface area contributed by atoms with Crippen LogP contribution < -0.4 is 0 Å². The Bertz CT molecular complexity index is 1350. The molecule has 0 bridgehead atoms. The van der Waals surface area contributed by atoms with E-state index in [-0.39, 0.29) is 6.61 Å². The molecule has 1 unspecified atom stereocenters. The minimum Gasteiger partial charge on any atom is -0.454 e. The zero-order valence-corrected chi connectivity index (χ0v) is 22.4. The van der Waals surface area contributed by atoms with E-state index in [1.165, 1.54) is 20.6 Å². The van der Waals surface area contributed by atoms with Gasteiger partial charge in [-0.25, -0.2) is 4.79 Å². The molecule has 1 atom stereocenters. The van der Waals surface area contributed by atoms with E-state index >= 15 is 0 Å². The van der Waals surface area contributed by atoms with Crippen molar-refractivity contribution in [1.29, 1.82) is 0 Å². The first-order valence-corrected chi connectivity index (χ1v) is 13.6. The average Bonchev–Trinajstić information content (AvgIpc) is 2.91. The number of ether oxygens (including phenoxy) is 3. The fourth-order valence-electron chi connectivity index (χ4n) is 4.10. The molecule has 0 radical (unpaired) electrons. The number of rotatable bonds is 13. The van der Waals surface area contributed by atoms with Crippen molar-refractivity contribution < 1.29 is 19.0 Å². The molecule has 4 rings (SSSR count). The van der Waals surface area contributed by atoms with Crippen molar-refractivity contribution in [3.05, 3.63) is 96.6 Å². The number of esters is 1. The lowest BCUT2D eigenvalue weighted by atomic mass is 9.97. The molecule has 0 aliphatic rings. The summed E-state index contributed by atoms with van der Waals surface area (Å²) in [6.07, 6.45) is 1.52. The molecule has 0 heterocycles. The van der Waals surface area contributed by atoms with Crippen molar-refractivity contribution in [1.82, 2.24) is 0 Å². The standard InChI is InChI=1S/C32H34O4S/c1-4-5-17-34-20-26(36-32(33)23(2)3)21-35-22-31-29-14-10-9-11-24(29)18-25-15-16-28(19-30(25)31)37-27-12-7-6-8-13-27/h6-16,18-19,26H,2,4-5,17,20-22H2,1,3H3. The molecular formula is C32H34O4S. The maximum atomic E-state index is 12.2. The van der Waals surface area contributed by atoms with E-state index in [4.69, 9.17) is 14.2 Å². The van der Waals surface area contributed by atoms with Gasteiger partial charge >= 0.3 is 5.97 Å². The van der Waals surface area contributed by atoms with Gasteiger partial charge in [0, 0.05) is 22.0 Å². The Morgan fingerprint density at radius 3 is 2.38 bits per heavy atom. The molecule has 4 aromatic rings. The second kappa shape index (κ2) is 13.4. The molecule has 0 aromatic heterocycles. The molecule has 4 aromatic carbocycles. The first-order valence-electron chi connectivity index (χ1n) is 12.7. The molecule has 0 amide bonds. The number of carbonyl (C=O) groups is 1. The van der Waals surface area contributed by atoms with Crippen molar-refractivity contribution in [3.63, 3.8) is 0 Å². The highest BCUT2D eigenvalue weighted by Crippen LogP contribution is 2.34. The molecule has 192 valence electrons. The Morgan fingerprint density at radius 2 is 1.59 bits per heavy atom. The van der Waals surface area contributed by atoms with Crippen LogP contribution in [0.25, 0.3) is 21.5 Å². The summed E-state index contributed by atoms with van der Waals surface area (Å²) in [5, 5.41) is 4.66. The molecule has 0 aliphatic heterocycles. The quantitative estimate of drug-likeness (QED) is 0.0783. The normalized spacial score (nSPS) is 12.1. The highest BCUT2D eigenvalue weighted by atomic mass is 32.2. The first kappa shape index (κ1) is 26.9. The molecule has 37 heavy (non-hydrogen) atoms. The van der Waals surface area contributed by atoms with Gasteiger partial charge in [0.05, 0.1) is 19.8 Å². The van der Waals surface area contributed by atoms with Gasteiger partial charge in [0.15, 0.2) is 0 Å². The third-order valence-corrected chi connectivity index (χ3v) is 7.04. The Kier molecular flexibility index (Phi) is 9.78. The summed E-state index contributed by atoms with van der Waals surface area (Å²) < 4.78 is 17.5. The summed E-state index contributed by atoms with van der Waals surface area (Å²) >= 11 is 1.74. The topological polar surface area (TPSA) is 44.8 Å². The average molecular weight is 515 g/mol. The summed E-state index contributed by atoms with van der Waals surface area (Å²) in [6, 6.07) is 27.6. The van der Waals surface area contributed by atoms with Crippen LogP contribution in [0.3, 0.4) is 0 Å². The van der Waals surface area contributed by atoms with Crippen LogP contribution in [-0.4, -0.2) is 31.9 Å². The maximum absolute atomic E-state index is 12.2. The van der Waals surface area contributed by atoms with E-state index in [1.54, 1.807) is 18.7 Å². The minimum atomic E-state index is -0.494. The molecule has 5 heteroatoms. The third-order valence-electron chi connectivity index (χ3n) is 6.04. The fraction of sp³-hybridized carbons (Fsp3) is 0.281. The van der Waals surface area contributed by atoms with Gasteiger partial charge in [0.25, 0.3) is 0 Å². The van der Waals surface area contributed by atoms with Crippen LogP contribution in [0.15, 0.2) is 101 Å². The molecule has 0 N–H and O–H groups in total. The van der Waals surface area contributed by atoms with Crippen molar-refractivity contribution in [2.24, 2.45) is 0 Å². The lowest BCUT2D eigenvalue weighted by Crippen LogP contribution is -2.29. The number of benzene rings is 4. The lowest BCUT2D eigenvalue weighted by Gasteiger charge is -2.19. The predicted octanol–water partition coefficient (Wildman–Crippen LogP) is 7.97. The van der Waals surface area contributed by atoms with Crippen LogP contribution >= 0.6 is 11.8 Å². The molecule has 0 saturated carbocycles. The van der Waals surface area contributed by atoms with Gasteiger partial charge in [-0.3, -0.25) is 0 Å². The number of unbranched alkanes of at least 4 members (excludes halogenated alkanes) is 1. The van der Waals surface area contributed by atoms with Crippen molar-refractivity contribution in [2.45, 2.75) is 49.2 Å². The number of hydrogen-bond acceptors (Lipinski definition) is 5. The zero-order chi connectivity index (χ0) is 26.0. The SMILES string of the molecule is C=C(C)C(=O)OC(COCCCC)COCc1c2ccccc2cc2ccc(Sc3ccccc3)cc12. The number of carbonyl (C=O) groups excluding carboxylic acids is 1. The molecular weight excluding hydrogens is 480 g/mol. The largest absolute Gasteiger partial charge is 0.454 e. The Balaban J connectivity index is 1.57. The molecule has 0 fully saturated rings. The monoisotopic (exact) mass is 514 g/mol. The number of fused-ring (bicyclic) bond motifs is 2. The van der Waals surface area contributed by atoms with Crippen LogP contribution in [0, 0.1) is 0 Å². The van der Waals surface area contributed by atoms with Crippen molar-refractivity contribution in [2.75, 3.05) is 19.8 Å². The fourth-order valence-corrected chi connectivity index (χ4v) is 4.98. The Morgan fingerprint density at radius 1 is 0.865 bits per heavy atom. The summed E-state index contributed by atoms with van der Waals surface area (Å²) in [5.41, 5.74) is 1.49. The van der Waals surface area contributed by atoms with Gasteiger partial charge in [-0.2, -0.15) is 0 Å². The Hall–Kier alpha value is -3.12. The van der Waals surface area contributed by atoms with E-state index in [1.807, 2.05) is 6.07 Å². The minimum absolute atomic E-state index is 0.244. The molecule has 0 aliphatic carbocycles. The van der Waals surface area contributed by atoms with Crippen molar-refractivity contribution >= 4 is 39.3 Å². The van der Waals surface area contributed by atoms with E-state index in [9.17, 15) is 4.79 Å². The van der Waals surface area contributed by atoms with Crippen LogP contribution in [0.1, 0.15) is 32.3 Å². The third kappa shape index (κ3) is 7.45. The maximum Gasteiger partial charge on any atom is 0.333 e. The van der Waals surface area contributed by atoms with Crippen LogP contribution in [-0.2, 0) is 25.6 Å². The first-order chi connectivity index (χ1) is 18.0. The molecule has 0 spiro atoms. The van der Waals surface area contributed by atoms with E-state index < -0.39 is 12.1 Å². The highest BCUT2D eigenvalue weighted by molar-refractivity contribution is 7.99. The van der Waals surface area contributed by atoms with Gasteiger partial charge in [0.2, 0.25) is 0 Å². The predicted molar refractivity (Wildman–Crippen MR) is 152 cm³/mol. The second-order valence-corrected chi connectivity index (χ2v) is 10.3. The van der Waals surface area contributed by atoms with E-state index in [0.717, 1.165) is 29.2 Å². The number of hydrogen-bond donors (Lipinski definition) is 0. The highest BCUT2D eigenvalue weighted by Gasteiger charge is 2.17. The van der Waals surface area contributed by atoms with Gasteiger partial charge in [-0.1, -0.05) is 80.2 Å². The zero-order valence-electron chi connectivity index (χ0n) is 21.6. The summed E-state index contributed by atoms with van der Waals surface area (Å²) in [6.45, 7) is 9.02. The van der Waals surface area contributed by atoms with Gasteiger partial charge < -0.3 is 14.2 Å². The molecule has 0 saturated heterocycles. The second-order valence-electron chi connectivity index (χ2n) is 9.13. The van der Waals surface area contributed by atoms with Crippen LogP contribution in [0.2, 0.25) is 0 Å². The van der Waals surface area contributed by atoms with Gasteiger partial charge in [-0.15, -0.1) is 0 Å². The van der Waals surface area contributed by atoms with Gasteiger partial charge in [-0.05, 0) is 70.8 Å². The molecule has 4 nitrogen and oxygen atoms in total. The van der Waals surface area contributed by atoms with Crippen LogP contribution in [0.4, 0.5) is 0 Å². The Labute approximate surface area is 223 Å². The smallest absolute Gasteiger partial charge is 0.333 e. The summed E-state index contributed by atoms with van der Waals surface area (Å²) in [4.78, 5) is 14.6. The van der Waals surface area contributed by atoms with Crippen molar-refractivity contribution in [3.8, 4) is 0 Å². The van der Waals surface area contributed by atoms with Gasteiger partial charge in [0.1, 0.15) is 6.10 Å². The summed E-state index contributed by atoms with van der Waals surface area (Å²) in [5.74, 6) is -0.425. The lowest BCUT2D eigenvalue weighted by molar-refractivity contribution is -0.151. The van der Waals surface area contributed by atoms with E-state index in [0.29, 0.717) is 25.4 Å². The summed E-state index contributed by atoms with van der Waals surface area (Å²) in [7, 11) is 0. The van der Waals surface area contributed by atoms with Crippen LogP contribution in [0.5, 0.6) is 0 Å². The van der Waals surface area contributed by atoms with E-state index in [2.05, 4.69) is 86.3 Å².